The maximum Gasteiger partial charge on any atom is 0.339 e. The number of carbonyl (C=O) groups is 3. The molecule has 1 atom stereocenters. The van der Waals surface area contributed by atoms with Crippen molar-refractivity contribution in [3.8, 4) is 0 Å². The molecule has 0 bridgehead atoms. The Hall–Kier alpha value is -2.02. The normalized spacial score (nSPS) is 11.7. The standard InChI is InChI=1S/C19H28N2O4S/c1-5-8-14(4)21-17(22)11-25-19(24)15-9-6-7-10-16(15)26-12-18(23)20-13(2)3/h6-7,9-10,13-14H,5,8,11-12H2,1-4H3,(H,20,23)(H,21,22). The van der Waals surface area contributed by atoms with Gasteiger partial charge in [0.15, 0.2) is 6.61 Å². The van der Waals surface area contributed by atoms with Gasteiger partial charge < -0.3 is 15.4 Å². The summed E-state index contributed by atoms with van der Waals surface area (Å²) in [6.07, 6.45) is 1.84. The van der Waals surface area contributed by atoms with Crippen LogP contribution in [0.4, 0.5) is 0 Å². The predicted octanol–water partition coefficient (Wildman–Crippen LogP) is 2.76. The molecule has 1 rings (SSSR count). The first-order valence-electron chi connectivity index (χ1n) is 8.81. The summed E-state index contributed by atoms with van der Waals surface area (Å²) in [5.41, 5.74) is 0.351. The summed E-state index contributed by atoms with van der Waals surface area (Å²) in [4.78, 5) is 36.5. The van der Waals surface area contributed by atoms with Crippen LogP contribution in [-0.4, -0.2) is 42.2 Å². The molecular formula is C19H28N2O4S. The van der Waals surface area contributed by atoms with Crippen LogP contribution in [0, 0.1) is 0 Å². The molecule has 2 N–H and O–H groups in total. The highest BCUT2D eigenvalue weighted by atomic mass is 32.2. The molecule has 0 aromatic heterocycles. The molecule has 0 aliphatic carbocycles. The predicted molar refractivity (Wildman–Crippen MR) is 103 cm³/mol. The fraction of sp³-hybridized carbons (Fsp3) is 0.526. The zero-order valence-corrected chi connectivity index (χ0v) is 16.7. The summed E-state index contributed by atoms with van der Waals surface area (Å²) in [5.74, 6) is -0.786. The second-order valence-corrected chi connectivity index (χ2v) is 7.36. The van der Waals surface area contributed by atoms with E-state index >= 15 is 0 Å². The number of amides is 2. The maximum atomic E-state index is 12.3. The lowest BCUT2D eigenvalue weighted by molar-refractivity contribution is -0.124. The van der Waals surface area contributed by atoms with E-state index in [1.807, 2.05) is 27.7 Å². The van der Waals surface area contributed by atoms with Crippen LogP contribution in [0.5, 0.6) is 0 Å². The molecule has 144 valence electrons. The van der Waals surface area contributed by atoms with E-state index in [-0.39, 0.29) is 36.3 Å². The highest BCUT2D eigenvalue weighted by Crippen LogP contribution is 2.23. The van der Waals surface area contributed by atoms with Gasteiger partial charge in [0.2, 0.25) is 5.91 Å². The molecule has 0 heterocycles. The Bertz CT molecular complexity index is 619. The average molecular weight is 381 g/mol. The van der Waals surface area contributed by atoms with Crippen molar-refractivity contribution in [3.63, 3.8) is 0 Å². The van der Waals surface area contributed by atoms with Gasteiger partial charge in [0, 0.05) is 17.0 Å². The Morgan fingerprint density at radius 3 is 2.42 bits per heavy atom. The molecule has 1 aromatic rings. The number of rotatable bonds is 10. The maximum absolute atomic E-state index is 12.3. The average Bonchev–Trinajstić information content (AvgIpc) is 2.57. The molecule has 7 heteroatoms. The SMILES string of the molecule is CCCC(C)NC(=O)COC(=O)c1ccccc1SCC(=O)NC(C)C. The lowest BCUT2D eigenvalue weighted by Crippen LogP contribution is -2.35. The first kappa shape index (κ1) is 22.0. The number of hydrogen-bond donors (Lipinski definition) is 2. The van der Waals surface area contributed by atoms with Crippen LogP contribution >= 0.6 is 11.8 Å². The lowest BCUT2D eigenvalue weighted by Gasteiger charge is -2.13. The van der Waals surface area contributed by atoms with Gasteiger partial charge in [-0.05, 0) is 39.3 Å². The van der Waals surface area contributed by atoms with Crippen molar-refractivity contribution in [1.82, 2.24) is 10.6 Å². The number of thioether (sulfide) groups is 1. The number of esters is 1. The topological polar surface area (TPSA) is 84.5 Å². The van der Waals surface area contributed by atoms with E-state index in [0.717, 1.165) is 12.8 Å². The number of benzene rings is 1. The second kappa shape index (κ2) is 11.6. The van der Waals surface area contributed by atoms with Gasteiger partial charge in [-0.3, -0.25) is 9.59 Å². The molecule has 0 aliphatic rings. The summed E-state index contributed by atoms with van der Waals surface area (Å²) in [6, 6.07) is 7.01. The van der Waals surface area contributed by atoms with Gasteiger partial charge in [-0.2, -0.15) is 0 Å². The van der Waals surface area contributed by atoms with E-state index in [9.17, 15) is 14.4 Å². The number of ether oxygens (including phenoxy) is 1. The zero-order chi connectivity index (χ0) is 19.5. The fourth-order valence-corrected chi connectivity index (χ4v) is 3.15. The second-order valence-electron chi connectivity index (χ2n) is 6.34. The molecule has 0 fully saturated rings. The molecule has 1 unspecified atom stereocenters. The van der Waals surface area contributed by atoms with E-state index < -0.39 is 5.97 Å². The molecular weight excluding hydrogens is 352 g/mol. The molecule has 26 heavy (non-hydrogen) atoms. The van der Waals surface area contributed by atoms with Crippen LogP contribution in [-0.2, 0) is 14.3 Å². The summed E-state index contributed by atoms with van der Waals surface area (Å²) in [7, 11) is 0. The molecule has 0 spiro atoms. The lowest BCUT2D eigenvalue weighted by atomic mass is 10.2. The Morgan fingerprint density at radius 2 is 1.77 bits per heavy atom. The third kappa shape index (κ3) is 8.38. The minimum Gasteiger partial charge on any atom is -0.452 e. The minimum atomic E-state index is -0.573. The zero-order valence-electron chi connectivity index (χ0n) is 15.8. The van der Waals surface area contributed by atoms with E-state index in [2.05, 4.69) is 10.6 Å². The van der Waals surface area contributed by atoms with Crippen LogP contribution < -0.4 is 10.6 Å². The van der Waals surface area contributed by atoms with Gasteiger partial charge in [-0.1, -0.05) is 25.5 Å². The Labute approximate surface area is 159 Å². The van der Waals surface area contributed by atoms with Gasteiger partial charge in [0.1, 0.15) is 0 Å². The molecule has 0 aliphatic heterocycles. The van der Waals surface area contributed by atoms with E-state index in [1.165, 1.54) is 11.8 Å². The van der Waals surface area contributed by atoms with Crippen molar-refractivity contribution < 1.29 is 19.1 Å². The Morgan fingerprint density at radius 1 is 1.08 bits per heavy atom. The van der Waals surface area contributed by atoms with E-state index in [4.69, 9.17) is 4.74 Å². The molecule has 1 aromatic carbocycles. The van der Waals surface area contributed by atoms with Crippen LogP contribution in [0.25, 0.3) is 0 Å². The molecule has 0 radical (unpaired) electrons. The van der Waals surface area contributed by atoms with Gasteiger partial charge in [-0.15, -0.1) is 11.8 Å². The fourth-order valence-electron chi connectivity index (χ4n) is 2.30. The highest BCUT2D eigenvalue weighted by molar-refractivity contribution is 8.00. The smallest absolute Gasteiger partial charge is 0.339 e. The van der Waals surface area contributed by atoms with Crippen molar-refractivity contribution in [2.75, 3.05) is 12.4 Å². The quantitative estimate of drug-likeness (QED) is 0.482. The Balaban J connectivity index is 2.58. The van der Waals surface area contributed by atoms with E-state index in [1.54, 1.807) is 24.3 Å². The van der Waals surface area contributed by atoms with Crippen molar-refractivity contribution in [2.24, 2.45) is 0 Å². The number of carbonyl (C=O) groups excluding carboxylic acids is 3. The van der Waals surface area contributed by atoms with Crippen molar-refractivity contribution in [3.05, 3.63) is 29.8 Å². The molecule has 0 saturated heterocycles. The third-order valence-electron chi connectivity index (χ3n) is 3.38. The minimum absolute atomic E-state index is 0.0495. The van der Waals surface area contributed by atoms with Crippen LogP contribution in [0.2, 0.25) is 0 Å². The summed E-state index contributed by atoms with van der Waals surface area (Å²) >= 11 is 1.26. The van der Waals surface area contributed by atoms with Gasteiger partial charge >= 0.3 is 5.97 Å². The first-order valence-corrected chi connectivity index (χ1v) is 9.79. The Kier molecular flexibility index (Phi) is 9.80. The van der Waals surface area contributed by atoms with Crippen molar-refractivity contribution in [1.29, 1.82) is 0 Å². The van der Waals surface area contributed by atoms with Gasteiger partial charge in [0.25, 0.3) is 5.91 Å². The third-order valence-corrected chi connectivity index (χ3v) is 4.45. The largest absolute Gasteiger partial charge is 0.452 e. The van der Waals surface area contributed by atoms with Crippen LogP contribution in [0.15, 0.2) is 29.2 Å². The molecule has 2 amide bonds. The monoisotopic (exact) mass is 380 g/mol. The van der Waals surface area contributed by atoms with Crippen molar-refractivity contribution >= 4 is 29.5 Å². The van der Waals surface area contributed by atoms with Gasteiger partial charge in [-0.25, -0.2) is 4.79 Å². The van der Waals surface area contributed by atoms with Crippen LogP contribution in [0.3, 0.4) is 0 Å². The van der Waals surface area contributed by atoms with Crippen LogP contribution in [0.1, 0.15) is 50.9 Å². The molecule has 6 nitrogen and oxygen atoms in total. The van der Waals surface area contributed by atoms with E-state index in [0.29, 0.717) is 10.5 Å². The summed E-state index contributed by atoms with van der Waals surface area (Å²) < 4.78 is 5.12. The first-order chi connectivity index (χ1) is 12.3. The summed E-state index contributed by atoms with van der Waals surface area (Å²) in [6.45, 7) is 7.41. The number of nitrogens with one attached hydrogen (secondary N) is 2. The van der Waals surface area contributed by atoms with Crippen molar-refractivity contribution in [2.45, 2.75) is 57.5 Å². The molecule has 0 saturated carbocycles. The number of hydrogen-bond acceptors (Lipinski definition) is 5. The summed E-state index contributed by atoms with van der Waals surface area (Å²) in [5, 5.41) is 5.59. The van der Waals surface area contributed by atoms with Gasteiger partial charge in [0.05, 0.1) is 11.3 Å². The highest BCUT2D eigenvalue weighted by Gasteiger charge is 2.16.